The number of halogens is 1. The van der Waals surface area contributed by atoms with Crippen molar-refractivity contribution in [1.82, 2.24) is 0 Å². The number of amides is 1. The lowest BCUT2D eigenvalue weighted by atomic mass is 10.1. The van der Waals surface area contributed by atoms with Gasteiger partial charge in [0.25, 0.3) is 0 Å². The van der Waals surface area contributed by atoms with Crippen molar-refractivity contribution in [3.8, 4) is 6.07 Å². The third kappa shape index (κ3) is 4.83. The lowest BCUT2D eigenvalue weighted by Gasteiger charge is -2.12. The third-order valence-corrected chi connectivity index (χ3v) is 4.65. The fourth-order valence-corrected chi connectivity index (χ4v) is 2.88. The van der Waals surface area contributed by atoms with Crippen LogP contribution in [0.1, 0.15) is 18.1 Å². The van der Waals surface area contributed by atoms with E-state index >= 15 is 0 Å². The molecule has 118 valence electrons. The quantitative estimate of drug-likeness (QED) is 0.829. The largest absolute Gasteiger partial charge is 0.326 e. The van der Waals surface area contributed by atoms with Crippen LogP contribution in [0.15, 0.2) is 47.4 Å². The summed E-state index contributed by atoms with van der Waals surface area (Å²) in [6.45, 7) is 3.68. The van der Waals surface area contributed by atoms with Crippen LogP contribution in [0.25, 0.3) is 0 Å². The molecule has 0 radical (unpaired) electrons. The van der Waals surface area contributed by atoms with Gasteiger partial charge in [-0.3, -0.25) is 4.79 Å². The molecule has 1 amide bonds. The van der Waals surface area contributed by atoms with Crippen molar-refractivity contribution in [2.75, 3.05) is 11.1 Å². The highest BCUT2D eigenvalue weighted by Gasteiger charge is 2.14. The molecule has 0 saturated carbocycles. The van der Waals surface area contributed by atoms with Gasteiger partial charge in [0.2, 0.25) is 5.91 Å². The summed E-state index contributed by atoms with van der Waals surface area (Å²) in [6, 6.07) is 13.5. The number of rotatable bonds is 5. The Morgan fingerprint density at radius 3 is 2.61 bits per heavy atom. The topological polar surface area (TPSA) is 52.9 Å². The number of nitrogens with zero attached hydrogens (tertiary/aromatic N) is 1. The minimum atomic E-state index is -0.267. The van der Waals surface area contributed by atoms with Crippen molar-refractivity contribution in [1.29, 1.82) is 5.26 Å². The highest BCUT2D eigenvalue weighted by molar-refractivity contribution is 7.99. The van der Waals surface area contributed by atoms with Crippen molar-refractivity contribution >= 4 is 23.4 Å². The van der Waals surface area contributed by atoms with E-state index in [0.29, 0.717) is 17.0 Å². The Morgan fingerprint density at radius 1 is 1.30 bits per heavy atom. The summed E-state index contributed by atoms with van der Waals surface area (Å²) in [6.07, 6.45) is 0. The molecule has 5 heteroatoms. The number of carbonyl (C=O) groups is 1. The molecule has 0 aromatic heterocycles. The second-order valence-electron chi connectivity index (χ2n) is 5.30. The minimum absolute atomic E-state index is 0.0799. The Kier molecular flexibility index (Phi) is 5.78. The maximum Gasteiger partial charge on any atom is 0.228 e. The van der Waals surface area contributed by atoms with Crippen LogP contribution < -0.4 is 5.32 Å². The van der Waals surface area contributed by atoms with E-state index in [2.05, 4.69) is 11.4 Å². The molecule has 3 nitrogen and oxygen atoms in total. The standard InChI is InChI=1S/C18H17FN2OS/c1-12-9-16(6-3-14(12)10-20)21-18(22)13(2)11-23-17-7-4-15(19)5-8-17/h3-9,13H,11H2,1-2H3,(H,21,22). The van der Waals surface area contributed by atoms with Crippen molar-refractivity contribution < 1.29 is 9.18 Å². The average molecular weight is 328 g/mol. The molecule has 2 aromatic carbocycles. The van der Waals surface area contributed by atoms with Crippen molar-refractivity contribution in [3.05, 3.63) is 59.4 Å². The molecule has 2 rings (SSSR count). The van der Waals surface area contributed by atoms with Gasteiger partial charge in [-0.05, 0) is 55.0 Å². The van der Waals surface area contributed by atoms with Gasteiger partial charge in [0.1, 0.15) is 5.82 Å². The number of benzene rings is 2. The summed E-state index contributed by atoms with van der Waals surface area (Å²) < 4.78 is 12.8. The first-order valence-electron chi connectivity index (χ1n) is 7.19. The Balaban J connectivity index is 1.91. The maximum absolute atomic E-state index is 12.8. The molecule has 23 heavy (non-hydrogen) atoms. The predicted octanol–water partition coefficient (Wildman–Crippen LogP) is 4.37. The molecule has 1 N–H and O–H groups in total. The fourth-order valence-electron chi connectivity index (χ4n) is 1.96. The molecule has 0 aliphatic carbocycles. The molecular weight excluding hydrogens is 311 g/mol. The predicted molar refractivity (Wildman–Crippen MR) is 90.8 cm³/mol. The number of hydrogen-bond donors (Lipinski definition) is 1. The highest BCUT2D eigenvalue weighted by Crippen LogP contribution is 2.22. The number of nitriles is 1. The highest BCUT2D eigenvalue weighted by atomic mass is 32.2. The summed E-state index contributed by atoms with van der Waals surface area (Å²) in [5.41, 5.74) is 2.12. The summed E-state index contributed by atoms with van der Waals surface area (Å²) >= 11 is 1.51. The van der Waals surface area contributed by atoms with E-state index in [9.17, 15) is 9.18 Å². The van der Waals surface area contributed by atoms with Gasteiger partial charge in [0.05, 0.1) is 11.6 Å². The molecule has 1 unspecified atom stereocenters. The molecule has 0 heterocycles. The van der Waals surface area contributed by atoms with Crippen LogP contribution in [0.5, 0.6) is 0 Å². The maximum atomic E-state index is 12.8. The zero-order valence-electron chi connectivity index (χ0n) is 13.0. The van der Waals surface area contributed by atoms with E-state index in [1.54, 1.807) is 30.3 Å². The molecular formula is C18H17FN2OS. The van der Waals surface area contributed by atoms with Crippen molar-refractivity contribution in [2.45, 2.75) is 18.7 Å². The SMILES string of the molecule is Cc1cc(NC(=O)C(C)CSc2ccc(F)cc2)ccc1C#N. The summed E-state index contributed by atoms with van der Waals surface area (Å²) in [4.78, 5) is 13.1. The van der Waals surface area contributed by atoms with Crippen LogP contribution in [0.4, 0.5) is 10.1 Å². The van der Waals surface area contributed by atoms with E-state index in [1.807, 2.05) is 13.8 Å². The average Bonchev–Trinajstić information content (AvgIpc) is 2.54. The van der Waals surface area contributed by atoms with Crippen LogP contribution >= 0.6 is 11.8 Å². The number of anilines is 1. The normalized spacial score (nSPS) is 11.6. The van der Waals surface area contributed by atoms with Gasteiger partial charge in [-0.15, -0.1) is 11.8 Å². The molecule has 1 atom stereocenters. The van der Waals surface area contributed by atoms with Crippen molar-refractivity contribution in [3.63, 3.8) is 0 Å². The second kappa shape index (κ2) is 7.80. The summed E-state index contributed by atoms with van der Waals surface area (Å²) in [5, 5.41) is 11.8. The Labute approximate surface area is 139 Å². The number of aryl methyl sites for hydroxylation is 1. The van der Waals surface area contributed by atoms with Crippen LogP contribution in [-0.4, -0.2) is 11.7 Å². The molecule has 2 aromatic rings. The Bertz CT molecular complexity index is 738. The molecule has 0 spiro atoms. The molecule has 0 fully saturated rings. The van der Waals surface area contributed by atoms with Gasteiger partial charge in [-0.2, -0.15) is 5.26 Å². The first-order valence-corrected chi connectivity index (χ1v) is 8.18. The van der Waals surface area contributed by atoms with E-state index in [4.69, 9.17) is 5.26 Å². The third-order valence-electron chi connectivity index (χ3n) is 3.38. The van der Waals surface area contributed by atoms with Gasteiger partial charge < -0.3 is 5.32 Å². The molecule has 0 aliphatic rings. The first-order chi connectivity index (χ1) is 11.0. The van der Waals surface area contributed by atoms with E-state index in [0.717, 1.165) is 10.5 Å². The Morgan fingerprint density at radius 2 is 2.00 bits per heavy atom. The zero-order chi connectivity index (χ0) is 16.8. The molecule has 0 aliphatic heterocycles. The number of thioether (sulfide) groups is 1. The van der Waals surface area contributed by atoms with Gasteiger partial charge in [-0.25, -0.2) is 4.39 Å². The molecule has 0 bridgehead atoms. The monoisotopic (exact) mass is 328 g/mol. The van der Waals surface area contributed by atoms with Crippen LogP contribution in [-0.2, 0) is 4.79 Å². The number of hydrogen-bond acceptors (Lipinski definition) is 3. The van der Waals surface area contributed by atoms with E-state index in [1.165, 1.54) is 23.9 Å². The van der Waals surface area contributed by atoms with E-state index < -0.39 is 0 Å². The number of carbonyl (C=O) groups excluding carboxylic acids is 1. The summed E-state index contributed by atoms with van der Waals surface area (Å²) in [5.74, 6) is 0.0632. The fraction of sp³-hybridized carbons (Fsp3) is 0.222. The van der Waals surface area contributed by atoms with Crippen molar-refractivity contribution in [2.24, 2.45) is 5.92 Å². The van der Waals surface area contributed by atoms with Crippen LogP contribution in [0.2, 0.25) is 0 Å². The van der Waals surface area contributed by atoms with Gasteiger partial charge >= 0.3 is 0 Å². The zero-order valence-corrected chi connectivity index (χ0v) is 13.8. The smallest absolute Gasteiger partial charge is 0.228 e. The molecule has 0 saturated heterocycles. The first kappa shape index (κ1) is 17.0. The lowest BCUT2D eigenvalue weighted by Crippen LogP contribution is -2.22. The Hall–Kier alpha value is -2.32. The second-order valence-corrected chi connectivity index (χ2v) is 6.39. The van der Waals surface area contributed by atoms with Gasteiger partial charge in [0.15, 0.2) is 0 Å². The van der Waals surface area contributed by atoms with Crippen LogP contribution in [0, 0.1) is 30.0 Å². The van der Waals surface area contributed by atoms with E-state index in [-0.39, 0.29) is 17.6 Å². The van der Waals surface area contributed by atoms with Gasteiger partial charge in [-0.1, -0.05) is 6.92 Å². The van der Waals surface area contributed by atoms with Gasteiger partial charge in [0, 0.05) is 22.3 Å². The lowest BCUT2D eigenvalue weighted by molar-refractivity contribution is -0.118. The van der Waals surface area contributed by atoms with Crippen LogP contribution in [0.3, 0.4) is 0 Å². The number of nitrogens with one attached hydrogen (secondary N) is 1. The summed E-state index contributed by atoms with van der Waals surface area (Å²) in [7, 11) is 0. The minimum Gasteiger partial charge on any atom is -0.326 e.